The van der Waals surface area contributed by atoms with E-state index in [-0.39, 0.29) is 12.2 Å². The lowest BCUT2D eigenvalue weighted by Gasteiger charge is -2.66. The number of carboxylic acids is 1. The summed E-state index contributed by atoms with van der Waals surface area (Å²) in [5.41, 5.74) is -5.12. The Bertz CT molecular complexity index is 1170. The molecule has 4 aliphatic rings. The van der Waals surface area contributed by atoms with Gasteiger partial charge in [-0.05, 0) is 45.6 Å². The molecule has 2 saturated carbocycles. The van der Waals surface area contributed by atoms with Crippen LogP contribution < -0.4 is 0 Å². The number of furan rings is 1. The van der Waals surface area contributed by atoms with Crippen LogP contribution in [0.2, 0.25) is 0 Å². The Morgan fingerprint density at radius 3 is 2.45 bits per heavy atom. The van der Waals surface area contributed by atoms with Crippen LogP contribution in [0.25, 0.3) is 0 Å². The van der Waals surface area contributed by atoms with E-state index in [9.17, 15) is 29.4 Å². The van der Waals surface area contributed by atoms with Gasteiger partial charge in [0.05, 0.1) is 30.0 Å². The van der Waals surface area contributed by atoms with Crippen LogP contribution in [0.4, 0.5) is 0 Å². The largest absolute Gasteiger partial charge is 0.481 e. The minimum atomic E-state index is -1.39. The lowest BCUT2D eigenvalue weighted by Crippen LogP contribution is -2.73. The van der Waals surface area contributed by atoms with E-state index < -0.39 is 81.9 Å². The molecule has 9 atom stereocenters. The second kappa shape index (κ2) is 8.14. The molecular formula is C28H36O10. The lowest BCUT2D eigenvalue weighted by atomic mass is 9.37. The first-order valence-corrected chi connectivity index (χ1v) is 13.1. The Balaban J connectivity index is 1.70. The molecule has 3 heterocycles. The summed E-state index contributed by atoms with van der Waals surface area (Å²) in [5.74, 6) is -3.82. The molecule has 10 heteroatoms. The number of hydrogen-bond donors (Lipinski definition) is 2. The molecule has 1 aromatic rings. The minimum absolute atomic E-state index is 0.0935. The average molecular weight is 533 g/mol. The fourth-order valence-electron chi connectivity index (χ4n) is 8.86. The van der Waals surface area contributed by atoms with Crippen molar-refractivity contribution in [3.8, 4) is 0 Å². The number of rotatable bonds is 6. The smallest absolute Gasteiger partial charge is 0.339 e. The highest BCUT2D eigenvalue weighted by Crippen LogP contribution is 2.78. The number of esters is 2. The molecule has 2 aliphatic carbocycles. The van der Waals surface area contributed by atoms with E-state index in [1.54, 1.807) is 26.8 Å². The van der Waals surface area contributed by atoms with Crippen LogP contribution in [-0.2, 0) is 33.4 Å². The molecule has 0 aromatic carbocycles. The van der Waals surface area contributed by atoms with E-state index in [4.69, 9.17) is 18.6 Å². The molecule has 208 valence electrons. The Morgan fingerprint density at radius 2 is 1.89 bits per heavy atom. The Hall–Kier alpha value is -2.72. The number of cyclic esters (lactones) is 1. The molecule has 2 aliphatic heterocycles. The summed E-state index contributed by atoms with van der Waals surface area (Å²) in [5, 5.41) is 21.1. The highest BCUT2D eigenvalue weighted by atomic mass is 16.7. The van der Waals surface area contributed by atoms with Gasteiger partial charge in [-0.15, -0.1) is 0 Å². The zero-order valence-electron chi connectivity index (χ0n) is 22.6. The van der Waals surface area contributed by atoms with Crippen molar-refractivity contribution in [3.63, 3.8) is 0 Å². The van der Waals surface area contributed by atoms with Gasteiger partial charge in [0.25, 0.3) is 0 Å². The Labute approximate surface area is 221 Å². The van der Waals surface area contributed by atoms with Crippen LogP contribution >= 0.6 is 0 Å². The number of hydrogen-bond acceptors (Lipinski definition) is 9. The Kier molecular flexibility index (Phi) is 5.76. The number of Topliss-reactive ketones (excluding diaryl/α,β-unsaturated/α-hetero) is 1. The predicted octanol–water partition coefficient (Wildman–Crippen LogP) is 3.21. The molecule has 5 rings (SSSR count). The SMILES string of the molecule is CC(=O)O[C@H](CC(=O)O)[C@@]1(C)[C@H](C(C)(C)O)CC(=O)[C@]2(C)[C@H]1CC[C@@]1(C)[C@H](c3ccoc3)OC(=O)[C@H]3O[C@]312. The number of aliphatic carboxylic acids is 1. The molecule has 2 N–H and O–H groups in total. The van der Waals surface area contributed by atoms with E-state index in [0.29, 0.717) is 18.4 Å². The van der Waals surface area contributed by atoms with E-state index in [0.717, 1.165) is 0 Å². The first kappa shape index (κ1) is 26.9. The summed E-state index contributed by atoms with van der Waals surface area (Å²) >= 11 is 0. The molecular weight excluding hydrogens is 496 g/mol. The van der Waals surface area contributed by atoms with Crippen LogP contribution in [0.15, 0.2) is 23.0 Å². The number of epoxide rings is 1. The van der Waals surface area contributed by atoms with Gasteiger partial charge >= 0.3 is 17.9 Å². The van der Waals surface area contributed by atoms with Gasteiger partial charge in [0.2, 0.25) is 0 Å². The molecule has 38 heavy (non-hydrogen) atoms. The van der Waals surface area contributed by atoms with E-state index >= 15 is 0 Å². The average Bonchev–Trinajstić information content (AvgIpc) is 3.37. The number of ether oxygens (including phenoxy) is 3. The summed E-state index contributed by atoms with van der Waals surface area (Å²) in [7, 11) is 0. The van der Waals surface area contributed by atoms with E-state index in [2.05, 4.69) is 0 Å². The van der Waals surface area contributed by atoms with Gasteiger partial charge in [0.15, 0.2) is 6.10 Å². The van der Waals surface area contributed by atoms with Crippen molar-refractivity contribution in [2.45, 2.75) is 96.7 Å². The van der Waals surface area contributed by atoms with Crippen LogP contribution in [-0.4, -0.2) is 57.3 Å². The van der Waals surface area contributed by atoms with Crippen molar-refractivity contribution in [1.29, 1.82) is 0 Å². The maximum Gasteiger partial charge on any atom is 0.339 e. The molecule has 0 amide bonds. The molecule has 0 radical (unpaired) electrons. The number of aliphatic hydroxyl groups is 1. The molecule has 10 nitrogen and oxygen atoms in total. The second-order valence-electron chi connectivity index (χ2n) is 12.7. The van der Waals surface area contributed by atoms with E-state index in [1.165, 1.54) is 19.5 Å². The van der Waals surface area contributed by atoms with Crippen molar-refractivity contribution in [2.75, 3.05) is 0 Å². The predicted molar refractivity (Wildman–Crippen MR) is 129 cm³/mol. The summed E-state index contributed by atoms with van der Waals surface area (Å²) < 4.78 is 23.1. The van der Waals surface area contributed by atoms with Crippen molar-refractivity contribution < 1.29 is 48.0 Å². The third-order valence-corrected chi connectivity index (χ3v) is 10.4. The minimum Gasteiger partial charge on any atom is -0.481 e. The highest BCUT2D eigenvalue weighted by Gasteiger charge is 2.88. The molecule has 4 fully saturated rings. The van der Waals surface area contributed by atoms with Gasteiger partial charge < -0.3 is 28.8 Å². The number of ketones is 1. The maximum absolute atomic E-state index is 14.3. The lowest BCUT2D eigenvalue weighted by molar-refractivity contribution is -0.240. The summed E-state index contributed by atoms with van der Waals surface area (Å²) in [4.78, 5) is 51.7. The highest BCUT2D eigenvalue weighted by molar-refractivity contribution is 5.93. The molecule has 0 bridgehead atoms. The fourth-order valence-corrected chi connectivity index (χ4v) is 8.86. The quantitative estimate of drug-likeness (QED) is 0.412. The topological polar surface area (TPSA) is 153 Å². The second-order valence-corrected chi connectivity index (χ2v) is 12.7. The maximum atomic E-state index is 14.3. The zero-order chi connectivity index (χ0) is 28.1. The molecule has 0 unspecified atom stereocenters. The number of carbonyl (C=O) groups is 4. The van der Waals surface area contributed by atoms with Gasteiger partial charge in [-0.1, -0.05) is 13.8 Å². The first-order chi connectivity index (χ1) is 17.5. The van der Waals surface area contributed by atoms with Crippen molar-refractivity contribution in [2.24, 2.45) is 28.1 Å². The van der Waals surface area contributed by atoms with Crippen LogP contribution in [0, 0.1) is 28.1 Å². The molecule has 1 aromatic heterocycles. The van der Waals surface area contributed by atoms with Gasteiger partial charge in [0, 0.05) is 35.7 Å². The van der Waals surface area contributed by atoms with Gasteiger partial charge in [0.1, 0.15) is 23.6 Å². The first-order valence-electron chi connectivity index (χ1n) is 13.1. The third-order valence-electron chi connectivity index (χ3n) is 10.4. The molecule has 1 spiro atoms. The standard InChI is InChI=1S/C28H36O10/c1-14(29)36-19(12-20(31)32)26(5)16-7-9-25(4)21(15-8-10-35-13-15)37-23(33)22-28(25,38-22)27(16,6)18(30)11-17(26)24(2,3)34/h8,10,13,16-17,19,21-22,34H,7,9,11-12H2,1-6H3,(H,31,32)/t16-,17-,19+,21-,22+,25-,26+,27-,28+/m0/s1. The van der Waals surface area contributed by atoms with Crippen LogP contribution in [0.5, 0.6) is 0 Å². The number of carboxylic acid groups (broad SMARTS) is 1. The van der Waals surface area contributed by atoms with Gasteiger partial charge in [-0.3, -0.25) is 14.4 Å². The fraction of sp³-hybridized carbons (Fsp3) is 0.714. The van der Waals surface area contributed by atoms with E-state index in [1.807, 2.05) is 13.8 Å². The monoisotopic (exact) mass is 532 g/mol. The number of fused-ring (bicyclic) bond motifs is 1. The van der Waals surface area contributed by atoms with Crippen molar-refractivity contribution in [3.05, 3.63) is 24.2 Å². The summed E-state index contributed by atoms with van der Waals surface area (Å²) in [6, 6.07) is 1.73. The number of carbonyl (C=O) groups excluding carboxylic acids is 3. The van der Waals surface area contributed by atoms with Gasteiger partial charge in [-0.25, -0.2) is 4.79 Å². The van der Waals surface area contributed by atoms with Crippen molar-refractivity contribution >= 4 is 23.7 Å². The van der Waals surface area contributed by atoms with Crippen LogP contribution in [0.1, 0.15) is 78.9 Å². The van der Waals surface area contributed by atoms with Gasteiger partial charge in [-0.2, -0.15) is 0 Å². The normalized spacial score (nSPS) is 42.7. The molecule has 2 saturated heterocycles. The zero-order valence-corrected chi connectivity index (χ0v) is 22.6. The van der Waals surface area contributed by atoms with Crippen molar-refractivity contribution in [1.82, 2.24) is 0 Å². The van der Waals surface area contributed by atoms with Crippen LogP contribution in [0.3, 0.4) is 0 Å². The summed E-state index contributed by atoms with van der Waals surface area (Å²) in [6.07, 6.45) is 0.567. The Morgan fingerprint density at radius 1 is 1.21 bits per heavy atom. The third kappa shape index (κ3) is 3.25. The summed E-state index contributed by atoms with van der Waals surface area (Å²) in [6.45, 7) is 9.97.